The van der Waals surface area contributed by atoms with Gasteiger partial charge in [-0.3, -0.25) is 4.79 Å². The Morgan fingerprint density at radius 2 is 1.89 bits per heavy atom. The highest BCUT2D eigenvalue weighted by molar-refractivity contribution is 5.98. The molecule has 0 fully saturated rings. The molecule has 0 spiro atoms. The van der Waals surface area contributed by atoms with E-state index < -0.39 is 0 Å². The van der Waals surface area contributed by atoms with Crippen LogP contribution >= 0.6 is 0 Å². The standard InChI is InChI=1S/C15H21N3O/c1-3-7-18(8-4-2)15(19)14-10-11-9-12(16)5-6-13(11)17-14/h5-6,9-10,17H,3-4,7-8,16H2,1-2H3. The first-order valence-electron chi connectivity index (χ1n) is 6.83. The van der Waals surface area contributed by atoms with Crippen LogP contribution in [0.2, 0.25) is 0 Å². The van der Waals surface area contributed by atoms with E-state index in [-0.39, 0.29) is 5.91 Å². The molecule has 0 saturated carbocycles. The first-order valence-corrected chi connectivity index (χ1v) is 6.83. The minimum Gasteiger partial charge on any atom is -0.399 e. The maximum atomic E-state index is 12.4. The lowest BCUT2D eigenvalue weighted by molar-refractivity contribution is 0.0750. The quantitative estimate of drug-likeness (QED) is 0.811. The van der Waals surface area contributed by atoms with Gasteiger partial charge in [0.05, 0.1) is 0 Å². The van der Waals surface area contributed by atoms with E-state index in [2.05, 4.69) is 18.8 Å². The second kappa shape index (κ2) is 5.78. The number of aromatic nitrogens is 1. The van der Waals surface area contributed by atoms with Crippen molar-refractivity contribution in [3.63, 3.8) is 0 Å². The SMILES string of the molecule is CCCN(CCC)C(=O)c1cc2cc(N)ccc2[nH]1. The molecule has 0 bridgehead atoms. The second-order valence-electron chi connectivity index (χ2n) is 4.82. The number of benzene rings is 1. The molecule has 19 heavy (non-hydrogen) atoms. The molecule has 0 aliphatic rings. The number of hydrogen-bond acceptors (Lipinski definition) is 2. The molecule has 4 heteroatoms. The van der Waals surface area contributed by atoms with Gasteiger partial charge in [-0.15, -0.1) is 0 Å². The Morgan fingerprint density at radius 1 is 1.21 bits per heavy atom. The average Bonchev–Trinajstić information content (AvgIpc) is 2.80. The van der Waals surface area contributed by atoms with Crippen molar-refractivity contribution in [2.24, 2.45) is 0 Å². The Kier molecular flexibility index (Phi) is 4.10. The number of rotatable bonds is 5. The highest BCUT2D eigenvalue weighted by Crippen LogP contribution is 2.19. The summed E-state index contributed by atoms with van der Waals surface area (Å²) in [5.74, 6) is 0.0680. The monoisotopic (exact) mass is 259 g/mol. The zero-order chi connectivity index (χ0) is 13.8. The molecule has 0 aliphatic heterocycles. The van der Waals surface area contributed by atoms with E-state index in [1.54, 1.807) is 0 Å². The van der Waals surface area contributed by atoms with Gasteiger partial charge < -0.3 is 15.6 Å². The summed E-state index contributed by atoms with van der Waals surface area (Å²) in [4.78, 5) is 17.5. The van der Waals surface area contributed by atoms with Crippen molar-refractivity contribution in [2.45, 2.75) is 26.7 Å². The molecule has 1 aromatic carbocycles. The lowest BCUT2D eigenvalue weighted by atomic mass is 10.2. The smallest absolute Gasteiger partial charge is 0.270 e. The molecule has 3 N–H and O–H groups in total. The first-order chi connectivity index (χ1) is 9.15. The van der Waals surface area contributed by atoms with E-state index in [1.165, 1.54) is 0 Å². The van der Waals surface area contributed by atoms with Crippen LogP contribution in [0.25, 0.3) is 10.9 Å². The number of amides is 1. The highest BCUT2D eigenvalue weighted by Gasteiger charge is 2.16. The summed E-state index contributed by atoms with van der Waals surface area (Å²) in [5, 5.41) is 0.983. The second-order valence-corrected chi connectivity index (χ2v) is 4.82. The summed E-state index contributed by atoms with van der Waals surface area (Å²) in [6.07, 6.45) is 1.94. The molecule has 102 valence electrons. The molecular formula is C15H21N3O. The third kappa shape index (κ3) is 2.89. The molecule has 1 amide bonds. The molecule has 0 aliphatic carbocycles. The molecule has 0 unspecified atom stereocenters. The number of carbonyl (C=O) groups excluding carboxylic acids is 1. The maximum Gasteiger partial charge on any atom is 0.270 e. The van der Waals surface area contributed by atoms with Crippen LogP contribution < -0.4 is 5.73 Å². The Hall–Kier alpha value is -1.97. The van der Waals surface area contributed by atoms with Gasteiger partial charge in [0, 0.05) is 29.7 Å². The number of aromatic amines is 1. The van der Waals surface area contributed by atoms with Crippen molar-refractivity contribution < 1.29 is 4.79 Å². The van der Waals surface area contributed by atoms with Gasteiger partial charge in [0.25, 0.3) is 5.91 Å². The fourth-order valence-corrected chi connectivity index (χ4v) is 2.29. The molecule has 1 heterocycles. The molecule has 0 radical (unpaired) electrons. The topological polar surface area (TPSA) is 62.1 Å². The van der Waals surface area contributed by atoms with Gasteiger partial charge >= 0.3 is 0 Å². The van der Waals surface area contributed by atoms with Gasteiger partial charge in [-0.2, -0.15) is 0 Å². The number of nitrogen functional groups attached to an aromatic ring is 1. The number of fused-ring (bicyclic) bond motifs is 1. The number of nitrogens with one attached hydrogen (secondary N) is 1. The summed E-state index contributed by atoms with van der Waals surface area (Å²) >= 11 is 0. The molecule has 0 atom stereocenters. The third-order valence-electron chi connectivity index (χ3n) is 3.15. The van der Waals surface area contributed by atoms with Crippen LogP contribution in [0.5, 0.6) is 0 Å². The van der Waals surface area contributed by atoms with Crippen molar-refractivity contribution in [1.29, 1.82) is 0 Å². The van der Waals surface area contributed by atoms with Gasteiger partial charge in [-0.05, 0) is 37.1 Å². The van der Waals surface area contributed by atoms with Gasteiger partial charge in [0.1, 0.15) is 5.69 Å². The van der Waals surface area contributed by atoms with Gasteiger partial charge in [0.15, 0.2) is 0 Å². The Balaban J connectivity index is 2.29. The maximum absolute atomic E-state index is 12.4. The van der Waals surface area contributed by atoms with Crippen LogP contribution in [0.4, 0.5) is 5.69 Å². The Labute approximate surface area is 113 Å². The van der Waals surface area contributed by atoms with Crippen LogP contribution in [-0.4, -0.2) is 28.9 Å². The van der Waals surface area contributed by atoms with Crippen molar-refractivity contribution in [3.05, 3.63) is 30.0 Å². The Morgan fingerprint density at radius 3 is 2.53 bits per heavy atom. The molecule has 4 nitrogen and oxygen atoms in total. The predicted octanol–water partition coefficient (Wildman–Crippen LogP) is 3.01. The van der Waals surface area contributed by atoms with Crippen molar-refractivity contribution in [3.8, 4) is 0 Å². The molecule has 1 aromatic heterocycles. The molecule has 0 saturated heterocycles. The first kappa shape index (κ1) is 13.5. The zero-order valence-electron chi connectivity index (χ0n) is 11.6. The van der Waals surface area contributed by atoms with Gasteiger partial charge in [-0.25, -0.2) is 0 Å². The van der Waals surface area contributed by atoms with E-state index in [4.69, 9.17) is 5.73 Å². The van der Waals surface area contributed by atoms with E-state index in [1.807, 2.05) is 29.2 Å². The minimum atomic E-state index is 0.0680. The zero-order valence-corrected chi connectivity index (χ0v) is 11.6. The van der Waals surface area contributed by atoms with Crippen LogP contribution in [0.15, 0.2) is 24.3 Å². The highest BCUT2D eigenvalue weighted by atomic mass is 16.2. The van der Waals surface area contributed by atoms with E-state index in [0.717, 1.165) is 36.8 Å². The number of anilines is 1. The summed E-state index contributed by atoms with van der Waals surface area (Å²) in [6.45, 7) is 5.76. The minimum absolute atomic E-state index is 0.0680. The lowest BCUT2D eigenvalue weighted by Crippen LogP contribution is -2.32. The average molecular weight is 259 g/mol. The molecule has 2 rings (SSSR count). The van der Waals surface area contributed by atoms with Crippen LogP contribution in [0.3, 0.4) is 0 Å². The number of H-pyrrole nitrogens is 1. The van der Waals surface area contributed by atoms with Gasteiger partial charge in [0.2, 0.25) is 0 Å². The number of nitrogens with zero attached hydrogens (tertiary/aromatic N) is 1. The third-order valence-corrected chi connectivity index (χ3v) is 3.15. The van der Waals surface area contributed by atoms with E-state index in [9.17, 15) is 4.79 Å². The van der Waals surface area contributed by atoms with E-state index in [0.29, 0.717) is 11.4 Å². The van der Waals surface area contributed by atoms with Crippen LogP contribution in [0.1, 0.15) is 37.2 Å². The van der Waals surface area contributed by atoms with Crippen molar-refractivity contribution in [1.82, 2.24) is 9.88 Å². The fourth-order valence-electron chi connectivity index (χ4n) is 2.29. The number of nitrogens with two attached hydrogens (primary N) is 1. The predicted molar refractivity (Wildman–Crippen MR) is 79.2 cm³/mol. The van der Waals surface area contributed by atoms with Crippen molar-refractivity contribution >= 4 is 22.5 Å². The van der Waals surface area contributed by atoms with E-state index >= 15 is 0 Å². The largest absolute Gasteiger partial charge is 0.399 e. The number of carbonyl (C=O) groups is 1. The van der Waals surface area contributed by atoms with Crippen LogP contribution in [0, 0.1) is 0 Å². The van der Waals surface area contributed by atoms with Gasteiger partial charge in [-0.1, -0.05) is 13.8 Å². The number of hydrogen-bond donors (Lipinski definition) is 2. The Bertz CT molecular complexity index is 568. The normalized spacial score (nSPS) is 10.8. The summed E-state index contributed by atoms with van der Waals surface area (Å²) in [6, 6.07) is 7.51. The van der Waals surface area contributed by atoms with Crippen molar-refractivity contribution in [2.75, 3.05) is 18.8 Å². The lowest BCUT2D eigenvalue weighted by Gasteiger charge is -2.20. The summed E-state index contributed by atoms with van der Waals surface area (Å²) in [7, 11) is 0. The summed E-state index contributed by atoms with van der Waals surface area (Å²) in [5.41, 5.74) is 8.06. The molecular weight excluding hydrogens is 238 g/mol. The molecule has 2 aromatic rings. The fraction of sp³-hybridized carbons (Fsp3) is 0.400. The summed E-state index contributed by atoms with van der Waals surface area (Å²) < 4.78 is 0. The van der Waals surface area contributed by atoms with Crippen LogP contribution in [-0.2, 0) is 0 Å².